The zero-order valence-electron chi connectivity index (χ0n) is 14.0. The summed E-state index contributed by atoms with van der Waals surface area (Å²) in [4.78, 5) is 5.83. The highest BCUT2D eigenvalue weighted by Gasteiger charge is 2.16. The van der Waals surface area contributed by atoms with Crippen molar-refractivity contribution in [3.05, 3.63) is 72.3 Å². The average Bonchev–Trinajstić information content (AvgIpc) is 3.02. The number of hydrogen-bond donors (Lipinski definition) is 0. The summed E-state index contributed by atoms with van der Waals surface area (Å²) < 4.78 is 7.37. The Labute approximate surface area is 150 Å². The Morgan fingerprint density at radius 2 is 1.68 bits per heavy atom. The van der Waals surface area contributed by atoms with Crippen molar-refractivity contribution in [3.63, 3.8) is 0 Å². The molecule has 0 atom stereocenters. The van der Waals surface area contributed by atoms with E-state index in [0.29, 0.717) is 5.88 Å². The Morgan fingerprint density at radius 3 is 2.40 bits per heavy atom. The number of fused-ring (bicyclic) bond motifs is 1. The summed E-state index contributed by atoms with van der Waals surface area (Å²) >= 11 is 1.62. The Bertz CT molecular complexity index is 1010. The second kappa shape index (κ2) is 6.61. The van der Waals surface area contributed by atoms with E-state index in [0.717, 1.165) is 26.8 Å². The van der Waals surface area contributed by atoms with Crippen molar-refractivity contribution in [1.82, 2.24) is 14.6 Å². The second-order valence-corrected chi connectivity index (χ2v) is 6.79. The van der Waals surface area contributed by atoms with Gasteiger partial charge in [0.05, 0.1) is 7.11 Å². The van der Waals surface area contributed by atoms with Crippen molar-refractivity contribution in [2.75, 3.05) is 7.11 Å². The van der Waals surface area contributed by atoms with E-state index >= 15 is 0 Å². The number of imidazole rings is 1. The first kappa shape index (κ1) is 15.7. The number of hydrogen-bond acceptors (Lipinski definition) is 4. The van der Waals surface area contributed by atoms with Crippen LogP contribution in [-0.2, 0) is 0 Å². The third-order valence-corrected chi connectivity index (χ3v) is 4.83. The summed E-state index contributed by atoms with van der Waals surface area (Å²) in [5, 5.41) is 5.60. The van der Waals surface area contributed by atoms with Crippen molar-refractivity contribution < 1.29 is 4.74 Å². The largest absolute Gasteiger partial charge is 0.479 e. The van der Waals surface area contributed by atoms with Crippen molar-refractivity contribution in [2.45, 2.75) is 16.8 Å². The van der Waals surface area contributed by atoms with Crippen molar-refractivity contribution in [3.8, 4) is 17.1 Å². The minimum Gasteiger partial charge on any atom is -0.479 e. The normalized spacial score (nSPS) is 11.0. The second-order valence-electron chi connectivity index (χ2n) is 5.69. The van der Waals surface area contributed by atoms with Gasteiger partial charge in [-0.1, -0.05) is 59.8 Å². The molecule has 4 rings (SSSR count). The summed E-state index contributed by atoms with van der Waals surface area (Å²) in [7, 11) is 1.65. The van der Waals surface area contributed by atoms with Gasteiger partial charge in [0.2, 0.25) is 5.88 Å². The molecule has 0 saturated carbocycles. The SMILES string of the molecule is COc1c(-c2ccccc2)nc2ccc(Sc3ccc(C)cc3)nn12. The monoisotopic (exact) mass is 347 g/mol. The van der Waals surface area contributed by atoms with Crippen LogP contribution in [0.4, 0.5) is 0 Å². The predicted molar refractivity (Wildman–Crippen MR) is 100 cm³/mol. The van der Waals surface area contributed by atoms with Gasteiger partial charge in [-0.2, -0.15) is 9.61 Å². The molecule has 5 heteroatoms. The Kier molecular flexibility index (Phi) is 4.15. The lowest BCUT2D eigenvalue weighted by molar-refractivity contribution is 0.387. The molecule has 0 N–H and O–H groups in total. The maximum absolute atomic E-state index is 5.60. The molecule has 124 valence electrons. The van der Waals surface area contributed by atoms with Crippen molar-refractivity contribution >= 4 is 17.4 Å². The van der Waals surface area contributed by atoms with Crippen LogP contribution in [0.1, 0.15) is 5.56 Å². The van der Waals surface area contributed by atoms with Crippen molar-refractivity contribution in [2.24, 2.45) is 0 Å². The predicted octanol–water partition coefficient (Wildman–Crippen LogP) is 4.86. The van der Waals surface area contributed by atoms with Crippen LogP contribution in [-0.4, -0.2) is 21.7 Å². The molecule has 2 heterocycles. The molecule has 0 aliphatic carbocycles. The number of aromatic nitrogens is 3. The van der Waals surface area contributed by atoms with E-state index in [4.69, 9.17) is 9.84 Å². The smallest absolute Gasteiger partial charge is 0.243 e. The lowest BCUT2D eigenvalue weighted by atomic mass is 10.2. The molecule has 4 nitrogen and oxygen atoms in total. The molecular weight excluding hydrogens is 330 g/mol. The van der Waals surface area contributed by atoms with Crippen LogP contribution in [0.3, 0.4) is 0 Å². The van der Waals surface area contributed by atoms with E-state index in [1.807, 2.05) is 42.5 Å². The Morgan fingerprint density at radius 1 is 0.920 bits per heavy atom. The average molecular weight is 347 g/mol. The number of methoxy groups -OCH3 is 1. The minimum atomic E-state index is 0.646. The van der Waals surface area contributed by atoms with Crippen LogP contribution in [0.5, 0.6) is 5.88 Å². The molecule has 0 radical (unpaired) electrons. The van der Waals surface area contributed by atoms with Gasteiger partial charge in [-0.25, -0.2) is 4.98 Å². The summed E-state index contributed by atoms with van der Waals surface area (Å²) in [5.41, 5.74) is 3.83. The molecule has 2 aromatic heterocycles. The lowest BCUT2D eigenvalue weighted by Gasteiger charge is -2.05. The van der Waals surface area contributed by atoms with E-state index in [-0.39, 0.29) is 0 Å². The Balaban J connectivity index is 1.76. The minimum absolute atomic E-state index is 0.646. The van der Waals surface area contributed by atoms with Gasteiger partial charge in [-0.3, -0.25) is 0 Å². The highest BCUT2D eigenvalue weighted by molar-refractivity contribution is 7.99. The number of benzene rings is 2. The van der Waals surface area contributed by atoms with Gasteiger partial charge in [-0.05, 0) is 31.2 Å². The summed E-state index contributed by atoms with van der Waals surface area (Å²) in [6.45, 7) is 2.08. The van der Waals surface area contributed by atoms with Gasteiger partial charge < -0.3 is 4.74 Å². The molecule has 0 aliphatic heterocycles. The summed E-state index contributed by atoms with van der Waals surface area (Å²) in [5.74, 6) is 0.646. The molecule has 0 spiro atoms. The zero-order chi connectivity index (χ0) is 17.2. The Hall–Kier alpha value is -2.79. The maximum atomic E-state index is 5.60. The molecule has 2 aromatic carbocycles. The maximum Gasteiger partial charge on any atom is 0.243 e. The quantitative estimate of drug-likeness (QED) is 0.528. The fraction of sp³-hybridized carbons (Fsp3) is 0.100. The van der Waals surface area contributed by atoms with Gasteiger partial charge in [-0.15, -0.1) is 0 Å². The van der Waals surface area contributed by atoms with Crippen LogP contribution < -0.4 is 4.74 Å². The van der Waals surface area contributed by atoms with E-state index in [9.17, 15) is 0 Å². The molecular formula is C20H17N3OS. The highest BCUT2D eigenvalue weighted by atomic mass is 32.2. The van der Waals surface area contributed by atoms with Gasteiger partial charge in [0.15, 0.2) is 5.65 Å². The van der Waals surface area contributed by atoms with Crippen molar-refractivity contribution in [1.29, 1.82) is 0 Å². The van der Waals surface area contributed by atoms with E-state index in [1.54, 1.807) is 23.4 Å². The fourth-order valence-corrected chi connectivity index (χ4v) is 3.42. The summed E-state index contributed by atoms with van der Waals surface area (Å²) in [6.07, 6.45) is 0. The van der Waals surface area contributed by atoms with Gasteiger partial charge >= 0.3 is 0 Å². The summed E-state index contributed by atoms with van der Waals surface area (Å²) in [6, 6.07) is 22.4. The number of aryl methyl sites for hydroxylation is 1. The number of rotatable bonds is 4. The van der Waals surface area contributed by atoms with Crippen LogP contribution in [0.2, 0.25) is 0 Å². The first-order chi connectivity index (χ1) is 12.2. The molecule has 0 aliphatic rings. The van der Waals surface area contributed by atoms with E-state index < -0.39 is 0 Å². The van der Waals surface area contributed by atoms with Crippen LogP contribution in [0.25, 0.3) is 16.9 Å². The van der Waals surface area contributed by atoms with Gasteiger partial charge in [0.1, 0.15) is 10.7 Å². The van der Waals surface area contributed by atoms with E-state index in [1.165, 1.54) is 5.56 Å². The standard InChI is InChI=1S/C20H17N3OS/c1-14-8-10-16(11-9-14)25-18-13-12-17-21-19(15-6-4-3-5-7-15)20(24-2)23(17)22-18/h3-13H,1-2H3. The zero-order valence-corrected chi connectivity index (χ0v) is 14.8. The molecule has 0 fully saturated rings. The van der Waals surface area contributed by atoms with E-state index in [2.05, 4.69) is 36.2 Å². The molecule has 0 amide bonds. The third-order valence-electron chi connectivity index (χ3n) is 3.90. The number of nitrogens with zero attached hydrogens (tertiary/aromatic N) is 3. The molecule has 0 saturated heterocycles. The fourth-order valence-electron chi connectivity index (χ4n) is 2.64. The number of ether oxygens (including phenoxy) is 1. The lowest BCUT2D eigenvalue weighted by Crippen LogP contribution is -1.97. The van der Waals surface area contributed by atoms with Crippen LogP contribution in [0.15, 0.2) is 76.7 Å². The first-order valence-corrected chi connectivity index (χ1v) is 8.80. The molecule has 0 bridgehead atoms. The molecule has 4 aromatic rings. The third kappa shape index (κ3) is 3.10. The topological polar surface area (TPSA) is 39.4 Å². The van der Waals surface area contributed by atoms with Gasteiger partial charge in [0, 0.05) is 10.5 Å². The first-order valence-electron chi connectivity index (χ1n) is 7.98. The van der Waals surface area contributed by atoms with Gasteiger partial charge in [0.25, 0.3) is 0 Å². The molecule has 0 unspecified atom stereocenters. The highest BCUT2D eigenvalue weighted by Crippen LogP contribution is 2.32. The molecule has 25 heavy (non-hydrogen) atoms. The van der Waals surface area contributed by atoms with Crippen LogP contribution >= 0.6 is 11.8 Å². The van der Waals surface area contributed by atoms with Crippen LogP contribution in [0, 0.1) is 6.92 Å².